The van der Waals surface area contributed by atoms with Crippen molar-refractivity contribution in [3.63, 3.8) is 0 Å². The van der Waals surface area contributed by atoms with Crippen LogP contribution in [0, 0.1) is 23.3 Å². The molecule has 0 unspecified atom stereocenters. The van der Waals surface area contributed by atoms with E-state index in [0.29, 0.717) is 6.07 Å². The fourth-order valence-corrected chi connectivity index (χ4v) is 3.15. The summed E-state index contributed by atoms with van der Waals surface area (Å²) >= 11 is 0. The van der Waals surface area contributed by atoms with Gasteiger partial charge in [0.05, 0.1) is 5.56 Å². The lowest BCUT2D eigenvalue weighted by atomic mass is 10.1. The molecule has 0 aliphatic carbocycles. The van der Waals surface area contributed by atoms with E-state index in [1.165, 1.54) is 19.9 Å². The van der Waals surface area contributed by atoms with Gasteiger partial charge in [-0.2, -0.15) is 0 Å². The van der Waals surface area contributed by atoms with Crippen LogP contribution in [0.3, 0.4) is 0 Å². The second kappa shape index (κ2) is 7.76. The van der Waals surface area contributed by atoms with Gasteiger partial charge in [-0.3, -0.25) is 9.36 Å². The Bertz CT molecular complexity index is 1370. The van der Waals surface area contributed by atoms with E-state index in [1.54, 1.807) is 0 Å². The smallest absolute Gasteiger partial charge is 0.255 e. The van der Waals surface area contributed by atoms with Gasteiger partial charge < -0.3 is 9.52 Å². The van der Waals surface area contributed by atoms with Gasteiger partial charge in [-0.1, -0.05) is 6.07 Å². The zero-order valence-electron chi connectivity index (χ0n) is 16.9. The predicted molar refractivity (Wildman–Crippen MR) is 108 cm³/mol. The molecule has 2 heterocycles. The van der Waals surface area contributed by atoms with Crippen LogP contribution in [-0.2, 0) is 5.60 Å². The van der Waals surface area contributed by atoms with Crippen LogP contribution in [0.1, 0.15) is 19.7 Å². The van der Waals surface area contributed by atoms with Gasteiger partial charge in [0, 0.05) is 23.9 Å². The van der Waals surface area contributed by atoms with Crippen molar-refractivity contribution in [2.45, 2.75) is 19.4 Å². The summed E-state index contributed by atoms with van der Waals surface area (Å²) in [4.78, 5) is 16.6. The topological polar surface area (TPSA) is 68.3 Å². The van der Waals surface area contributed by atoms with Gasteiger partial charge >= 0.3 is 0 Å². The highest BCUT2D eigenvalue weighted by atomic mass is 19.1. The van der Waals surface area contributed by atoms with Crippen LogP contribution >= 0.6 is 0 Å². The minimum atomic E-state index is -1.56. The molecule has 0 saturated heterocycles. The molecule has 0 fully saturated rings. The molecule has 0 saturated carbocycles. The molecule has 4 aromatic rings. The maximum Gasteiger partial charge on any atom is 0.255 e. The third-order valence-electron chi connectivity index (χ3n) is 4.69. The first kappa shape index (κ1) is 21.5. The number of aliphatic hydroxyl groups is 1. The number of hydrogen-bond acceptors (Lipinski definition) is 4. The van der Waals surface area contributed by atoms with Crippen molar-refractivity contribution in [2.75, 3.05) is 0 Å². The maximum absolute atomic E-state index is 14.5. The molecule has 9 heteroatoms. The quantitative estimate of drug-likeness (QED) is 0.453. The molecule has 0 bridgehead atoms. The van der Waals surface area contributed by atoms with Crippen molar-refractivity contribution in [1.82, 2.24) is 9.55 Å². The molecule has 4 rings (SSSR count). The van der Waals surface area contributed by atoms with Crippen molar-refractivity contribution in [3.05, 3.63) is 94.2 Å². The molecule has 164 valence electrons. The van der Waals surface area contributed by atoms with Gasteiger partial charge in [0.25, 0.3) is 5.56 Å². The van der Waals surface area contributed by atoms with Crippen molar-refractivity contribution in [1.29, 1.82) is 0 Å². The Kier molecular flexibility index (Phi) is 5.21. The first-order chi connectivity index (χ1) is 15.1. The van der Waals surface area contributed by atoms with E-state index in [-0.39, 0.29) is 28.5 Å². The lowest BCUT2D eigenvalue weighted by Gasteiger charge is -2.11. The molecule has 0 radical (unpaired) electrons. The Morgan fingerprint density at radius 3 is 2.28 bits per heavy atom. The van der Waals surface area contributed by atoms with Crippen molar-refractivity contribution in [2.24, 2.45) is 0 Å². The van der Waals surface area contributed by atoms with E-state index in [9.17, 15) is 27.5 Å². The number of rotatable bonds is 4. The van der Waals surface area contributed by atoms with E-state index in [1.807, 2.05) is 0 Å². The lowest BCUT2D eigenvalue weighted by Crippen LogP contribution is -2.19. The number of hydrogen-bond donors (Lipinski definition) is 1. The lowest BCUT2D eigenvalue weighted by molar-refractivity contribution is 0.0490. The summed E-state index contributed by atoms with van der Waals surface area (Å²) in [6.07, 6.45) is 1.13. The number of pyridine rings is 1. The summed E-state index contributed by atoms with van der Waals surface area (Å²) in [7, 11) is 0. The third kappa shape index (κ3) is 3.82. The molecule has 0 amide bonds. The molecule has 2 aromatic carbocycles. The van der Waals surface area contributed by atoms with Crippen LogP contribution in [-0.4, -0.2) is 14.7 Å². The van der Waals surface area contributed by atoms with Gasteiger partial charge in [0.1, 0.15) is 40.3 Å². The average molecular weight is 444 g/mol. The molecule has 0 spiro atoms. The van der Waals surface area contributed by atoms with Gasteiger partial charge in [-0.15, -0.1) is 0 Å². The van der Waals surface area contributed by atoms with E-state index < -0.39 is 40.1 Å². The monoisotopic (exact) mass is 444 g/mol. The number of aromatic nitrogens is 2. The maximum atomic E-state index is 14.5. The van der Waals surface area contributed by atoms with Crippen LogP contribution < -0.4 is 5.56 Å². The third-order valence-corrected chi connectivity index (χ3v) is 4.69. The molecule has 0 atom stereocenters. The van der Waals surface area contributed by atoms with E-state index >= 15 is 0 Å². The predicted octanol–water partition coefficient (Wildman–Crippen LogP) is 4.94. The SMILES string of the molecule is CC(C)(O)c1nc(-c2ccc(=O)n(-c3c(F)cccc3F)c2)c(-c2ccc(F)cc2F)o1. The number of para-hydroxylation sites is 1. The Morgan fingerprint density at radius 2 is 1.66 bits per heavy atom. The number of halogens is 4. The summed E-state index contributed by atoms with van der Waals surface area (Å²) in [5, 5.41) is 10.3. The minimum absolute atomic E-state index is 0.0156. The number of benzene rings is 2. The summed E-state index contributed by atoms with van der Waals surface area (Å²) in [5.41, 5.74) is -2.91. The first-order valence-electron chi connectivity index (χ1n) is 9.43. The van der Waals surface area contributed by atoms with Crippen molar-refractivity contribution in [3.8, 4) is 28.3 Å². The molecule has 0 aliphatic rings. The largest absolute Gasteiger partial charge is 0.437 e. The molecule has 2 aromatic heterocycles. The highest BCUT2D eigenvalue weighted by Gasteiger charge is 2.28. The van der Waals surface area contributed by atoms with E-state index in [2.05, 4.69) is 4.98 Å². The second-order valence-electron chi connectivity index (χ2n) is 7.58. The number of nitrogens with zero attached hydrogens (tertiary/aromatic N) is 2. The Morgan fingerprint density at radius 1 is 0.969 bits per heavy atom. The van der Waals surface area contributed by atoms with Crippen LogP contribution in [0.5, 0.6) is 0 Å². The average Bonchev–Trinajstić information content (AvgIpc) is 3.15. The summed E-state index contributed by atoms with van der Waals surface area (Å²) in [6, 6.07) is 8.34. The first-order valence-corrected chi connectivity index (χ1v) is 9.43. The van der Waals surface area contributed by atoms with Crippen LogP contribution in [0.15, 0.2) is 63.9 Å². The minimum Gasteiger partial charge on any atom is -0.437 e. The van der Waals surface area contributed by atoms with Gasteiger partial charge in [-0.25, -0.2) is 22.5 Å². The highest BCUT2D eigenvalue weighted by Crippen LogP contribution is 2.37. The van der Waals surface area contributed by atoms with Gasteiger partial charge in [0.15, 0.2) is 5.76 Å². The van der Waals surface area contributed by atoms with Crippen LogP contribution in [0.4, 0.5) is 17.6 Å². The molecule has 1 N–H and O–H groups in total. The fraction of sp³-hybridized carbons (Fsp3) is 0.130. The molecule has 5 nitrogen and oxygen atoms in total. The Hall–Kier alpha value is -3.72. The van der Waals surface area contributed by atoms with E-state index in [0.717, 1.165) is 47.2 Å². The Balaban J connectivity index is 1.98. The van der Waals surface area contributed by atoms with Crippen molar-refractivity contribution >= 4 is 0 Å². The molecule has 32 heavy (non-hydrogen) atoms. The summed E-state index contributed by atoms with van der Waals surface area (Å²) < 4.78 is 62.9. The van der Waals surface area contributed by atoms with Gasteiger partial charge in [-0.05, 0) is 44.2 Å². The summed E-state index contributed by atoms with van der Waals surface area (Å²) in [6.45, 7) is 2.78. The number of oxazole rings is 1. The molecule has 0 aliphatic heterocycles. The zero-order valence-corrected chi connectivity index (χ0v) is 16.9. The normalized spacial score (nSPS) is 11.7. The fourth-order valence-electron chi connectivity index (χ4n) is 3.15. The second-order valence-corrected chi connectivity index (χ2v) is 7.58. The van der Waals surface area contributed by atoms with E-state index in [4.69, 9.17) is 4.42 Å². The molecular weight excluding hydrogens is 428 g/mol. The highest BCUT2D eigenvalue weighted by molar-refractivity contribution is 5.77. The van der Waals surface area contributed by atoms with Crippen molar-refractivity contribution < 1.29 is 27.1 Å². The zero-order chi connectivity index (χ0) is 23.2. The Labute approximate surface area is 179 Å². The van der Waals surface area contributed by atoms with Crippen LogP contribution in [0.25, 0.3) is 28.3 Å². The summed E-state index contributed by atoms with van der Waals surface area (Å²) in [5.74, 6) is -4.02. The standard InChI is InChI=1S/C23H16F4N2O3/c1-23(2,31)22-28-19(21(32-22)14-8-7-13(24)10-17(14)27)12-6-9-18(30)29(11-12)20-15(25)4-3-5-16(20)26/h3-11,31H,1-2H3. The van der Waals surface area contributed by atoms with Gasteiger partial charge in [0.2, 0.25) is 5.89 Å². The molecular formula is C23H16F4N2O3. The van der Waals surface area contributed by atoms with Crippen LogP contribution in [0.2, 0.25) is 0 Å².